The maximum Gasteiger partial charge on any atom is 0.265 e. The van der Waals surface area contributed by atoms with Gasteiger partial charge in [0, 0.05) is 24.8 Å². The zero-order valence-corrected chi connectivity index (χ0v) is 14.7. The Bertz CT molecular complexity index is 717. The number of hydrogen-bond acceptors (Lipinski definition) is 5. The van der Waals surface area contributed by atoms with Gasteiger partial charge in [-0.3, -0.25) is 9.78 Å². The summed E-state index contributed by atoms with van der Waals surface area (Å²) in [5.74, 6) is 0.137. The maximum atomic E-state index is 13.0. The van der Waals surface area contributed by atoms with Gasteiger partial charge in [-0.25, -0.2) is 4.98 Å². The second kappa shape index (κ2) is 6.61. The van der Waals surface area contributed by atoms with Gasteiger partial charge in [-0.1, -0.05) is 6.07 Å². The SMILES string of the molecule is CN1CCC[C@@H]1[C@H]1CCCN1C(=O)c1cnc(-c2ccccn2)s1. The van der Waals surface area contributed by atoms with E-state index in [9.17, 15) is 4.79 Å². The van der Waals surface area contributed by atoms with E-state index in [2.05, 4.69) is 26.8 Å². The quantitative estimate of drug-likeness (QED) is 0.860. The highest BCUT2D eigenvalue weighted by Gasteiger charge is 2.39. The highest BCUT2D eigenvalue weighted by Crippen LogP contribution is 2.32. The number of pyridine rings is 1. The van der Waals surface area contributed by atoms with E-state index in [1.165, 1.54) is 24.2 Å². The number of amides is 1. The van der Waals surface area contributed by atoms with E-state index in [1.54, 1.807) is 12.4 Å². The van der Waals surface area contributed by atoms with Crippen LogP contribution < -0.4 is 0 Å². The van der Waals surface area contributed by atoms with Gasteiger partial charge < -0.3 is 9.80 Å². The lowest BCUT2D eigenvalue weighted by atomic mass is 10.0. The van der Waals surface area contributed by atoms with Gasteiger partial charge in [-0.05, 0) is 51.4 Å². The summed E-state index contributed by atoms with van der Waals surface area (Å²) in [6.07, 6.45) is 8.13. The van der Waals surface area contributed by atoms with Crippen molar-refractivity contribution < 1.29 is 4.79 Å². The Labute approximate surface area is 146 Å². The largest absolute Gasteiger partial charge is 0.333 e. The molecule has 1 amide bonds. The Morgan fingerprint density at radius 3 is 2.75 bits per heavy atom. The second-order valence-corrected chi connectivity index (χ2v) is 7.67. The van der Waals surface area contributed by atoms with Crippen LogP contribution in [0.2, 0.25) is 0 Å². The number of carbonyl (C=O) groups excluding carboxylic acids is 1. The minimum atomic E-state index is 0.137. The standard InChI is InChI=1S/C18H22N4OS/c1-21-10-4-7-14(21)15-8-5-11-22(15)18(23)16-12-20-17(24-16)13-6-2-3-9-19-13/h2-3,6,9,12,14-15H,4-5,7-8,10-11H2,1H3/t14-,15-/m1/s1. The summed E-state index contributed by atoms with van der Waals surface area (Å²) in [5, 5.41) is 0.813. The molecule has 4 heterocycles. The molecule has 0 aliphatic carbocycles. The first-order valence-corrected chi connectivity index (χ1v) is 9.44. The Hall–Kier alpha value is -1.79. The van der Waals surface area contributed by atoms with Gasteiger partial charge in [-0.2, -0.15) is 0 Å². The van der Waals surface area contributed by atoms with Crippen LogP contribution in [0.1, 0.15) is 35.4 Å². The molecule has 2 atom stereocenters. The van der Waals surface area contributed by atoms with Gasteiger partial charge in [0.05, 0.1) is 11.9 Å². The van der Waals surface area contributed by atoms with Crippen molar-refractivity contribution in [1.82, 2.24) is 19.8 Å². The Morgan fingerprint density at radius 2 is 2.00 bits per heavy atom. The molecule has 2 aromatic heterocycles. The Morgan fingerprint density at radius 1 is 1.17 bits per heavy atom. The molecule has 126 valence electrons. The maximum absolute atomic E-state index is 13.0. The summed E-state index contributed by atoms with van der Waals surface area (Å²) in [4.78, 5) is 27.0. The van der Waals surface area contributed by atoms with Crippen molar-refractivity contribution in [2.75, 3.05) is 20.1 Å². The van der Waals surface area contributed by atoms with E-state index < -0.39 is 0 Å². The van der Waals surface area contributed by atoms with Crippen molar-refractivity contribution in [1.29, 1.82) is 0 Å². The van der Waals surface area contributed by atoms with Gasteiger partial charge in [0.15, 0.2) is 0 Å². The number of likely N-dealkylation sites (N-methyl/N-ethyl adjacent to an activating group) is 1. The predicted octanol–water partition coefficient (Wildman–Crippen LogP) is 2.90. The first-order valence-electron chi connectivity index (χ1n) is 8.62. The molecule has 0 N–H and O–H groups in total. The number of thiazole rings is 1. The van der Waals surface area contributed by atoms with Crippen molar-refractivity contribution in [2.45, 2.75) is 37.8 Å². The fourth-order valence-electron chi connectivity index (χ4n) is 3.99. The molecule has 0 aromatic carbocycles. The van der Waals surface area contributed by atoms with Gasteiger partial charge in [0.25, 0.3) is 5.91 Å². The van der Waals surface area contributed by atoms with Crippen LogP contribution in [-0.2, 0) is 0 Å². The normalized spacial score (nSPS) is 24.6. The summed E-state index contributed by atoms with van der Waals surface area (Å²) in [6, 6.07) is 6.62. The molecular weight excluding hydrogens is 320 g/mol. The topological polar surface area (TPSA) is 49.3 Å². The molecule has 24 heavy (non-hydrogen) atoms. The van der Waals surface area contributed by atoms with Crippen LogP contribution in [0.5, 0.6) is 0 Å². The van der Waals surface area contributed by atoms with E-state index in [0.29, 0.717) is 12.1 Å². The average molecular weight is 342 g/mol. The summed E-state index contributed by atoms with van der Waals surface area (Å²) < 4.78 is 0. The van der Waals surface area contributed by atoms with E-state index in [-0.39, 0.29) is 5.91 Å². The lowest BCUT2D eigenvalue weighted by molar-refractivity contribution is 0.0669. The van der Waals surface area contributed by atoms with Crippen molar-refractivity contribution in [3.63, 3.8) is 0 Å². The van der Waals surface area contributed by atoms with Crippen molar-refractivity contribution >= 4 is 17.2 Å². The van der Waals surface area contributed by atoms with Crippen molar-refractivity contribution in [3.05, 3.63) is 35.5 Å². The number of likely N-dealkylation sites (tertiary alicyclic amines) is 2. The minimum Gasteiger partial charge on any atom is -0.333 e. The number of hydrogen-bond donors (Lipinski definition) is 0. The van der Waals surface area contributed by atoms with Crippen LogP contribution >= 0.6 is 11.3 Å². The first-order chi connectivity index (χ1) is 11.7. The smallest absolute Gasteiger partial charge is 0.265 e. The highest BCUT2D eigenvalue weighted by atomic mass is 32.1. The number of rotatable bonds is 3. The molecule has 4 rings (SSSR count). The van der Waals surface area contributed by atoms with E-state index in [0.717, 1.165) is 41.5 Å². The number of carbonyl (C=O) groups is 1. The zero-order chi connectivity index (χ0) is 16.5. The number of nitrogens with zero attached hydrogens (tertiary/aromatic N) is 4. The summed E-state index contributed by atoms with van der Waals surface area (Å²) in [6.45, 7) is 2.01. The zero-order valence-electron chi connectivity index (χ0n) is 13.9. The second-order valence-electron chi connectivity index (χ2n) is 6.64. The summed E-state index contributed by atoms with van der Waals surface area (Å²) in [5.41, 5.74) is 0.829. The highest BCUT2D eigenvalue weighted by molar-refractivity contribution is 7.16. The van der Waals surface area contributed by atoms with Crippen molar-refractivity contribution in [2.24, 2.45) is 0 Å². The lowest BCUT2D eigenvalue weighted by Crippen LogP contribution is -2.46. The molecule has 0 radical (unpaired) electrons. The molecule has 2 aliphatic heterocycles. The van der Waals surface area contributed by atoms with Crippen LogP contribution in [0.15, 0.2) is 30.6 Å². The predicted molar refractivity (Wildman–Crippen MR) is 95.1 cm³/mol. The van der Waals surface area contributed by atoms with Crippen LogP contribution in [0.25, 0.3) is 10.7 Å². The van der Waals surface area contributed by atoms with Gasteiger partial charge >= 0.3 is 0 Å². The molecule has 2 aliphatic rings. The molecule has 0 bridgehead atoms. The summed E-state index contributed by atoms with van der Waals surface area (Å²) >= 11 is 1.45. The third kappa shape index (κ3) is 2.84. The molecule has 0 spiro atoms. The fourth-order valence-corrected chi connectivity index (χ4v) is 4.84. The van der Waals surface area contributed by atoms with E-state index in [1.807, 2.05) is 18.2 Å². The molecule has 5 nitrogen and oxygen atoms in total. The van der Waals surface area contributed by atoms with Crippen LogP contribution in [0, 0.1) is 0 Å². The third-order valence-electron chi connectivity index (χ3n) is 5.18. The third-order valence-corrected chi connectivity index (χ3v) is 6.19. The lowest BCUT2D eigenvalue weighted by Gasteiger charge is -2.33. The van der Waals surface area contributed by atoms with Crippen molar-refractivity contribution in [3.8, 4) is 10.7 Å². The van der Waals surface area contributed by atoms with Crippen LogP contribution in [0.3, 0.4) is 0 Å². The molecule has 6 heteroatoms. The first kappa shape index (κ1) is 15.7. The average Bonchev–Trinajstić information content (AvgIpc) is 3.35. The Balaban J connectivity index is 1.54. The molecule has 2 aromatic rings. The van der Waals surface area contributed by atoms with Crippen LogP contribution in [0.4, 0.5) is 0 Å². The van der Waals surface area contributed by atoms with E-state index in [4.69, 9.17) is 0 Å². The van der Waals surface area contributed by atoms with Gasteiger partial charge in [0.2, 0.25) is 0 Å². The molecule has 0 unspecified atom stereocenters. The molecule has 2 saturated heterocycles. The van der Waals surface area contributed by atoms with E-state index >= 15 is 0 Å². The molecule has 0 saturated carbocycles. The number of aromatic nitrogens is 2. The van der Waals surface area contributed by atoms with Gasteiger partial charge in [0.1, 0.15) is 9.88 Å². The fraction of sp³-hybridized carbons (Fsp3) is 0.500. The Kier molecular flexibility index (Phi) is 4.33. The van der Waals surface area contributed by atoms with Gasteiger partial charge in [-0.15, -0.1) is 11.3 Å². The monoisotopic (exact) mass is 342 g/mol. The summed E-state index contributed by atoms with van der Waals surface area (Å²) in [7, 11) is 2.19. The minimum absolute atomic E-state index is 0.137. The molecular formula is C18H22N4OS. The molecule has 2 fully saturated rings. The van der Waals surface area contributed by atoms with Crippen LogP contribution in [-0.4, -0.2) is 57.9 Å².